The first-order valence-corrected chi connectivity index (χ1v) is 9.17. The summed E-state index contributed by atoms with van der Waals surface area (Å²) in [6.45, 7) is 0.538. The lowest BCUT2D eigenvalue weighted by molar-refractivity contribution is 0.416. The van der Waals surface area contributed by atoms with Gasteiger partial charge in [0.15, 0.2) is 11.5 Å². The van der Waals surface area contributed by atoms with E-state index in [-0.39, 0.29) is 0 Å². The number of methoxy groups -OCH3 is 1. The molecule has 27 heavy (non-hydrogen) atoms. The van der Waals surface area contributed by atoms with Crippen molar-refractivity contribution in [1.82, 2.24) is 24.7 Å². The van der Waals surface area contributed by atoms with Crippen LogP contribution in [0.15, 0.2) is 59.5 Å². The second-order valence-corrected chi connectivity index (χ2v) is 6.96. The number of thiazole rings is 1. The number of H-pyrrole nitrogens is 1. The van der Waals surface area contributed by atoms with Crippen LogP contribution >= 0.6 is 11.3 Å². The number of aromatic nitrogens is 5. The fourth-order valence-corrected chi connectivity index (χ4v) is 3.85. The molecule has 0 atom stereocenters. The molecule has 0 aliphatic rings. The van der Waals surface area contributed by atoms with Gasteiger partial charge >= 0.3 is 0 Å². The fraction of sp³-hybridized carbons (Fsp3) is 0.105. The summed E-state index contributed by atoms with van der Waals surface area (Å²) < 4.78 is 12.7. The van der Waals surface area contributed by atoms with E-state index in [0.717, 1.165) is 43.9 Å². The Balaban J connectivity index is 1.49. The summed E-state index contributed by atoms with van der Waals surface area (Å²) in [5.74, 6) is 2.41. The number of nitrogens with one attached hydrogen (secondary N) is 1. The molecule has 1 aromatic carbocycles. The third-order valence-corrected chi connectivity index (χ3v) is 5.28. The van der Waals surface area contributed by atoms with E-state index in [9.17, 15) is 0 Å². The minimum Gasteiger partial charge on any atom is -0.496 e. The van der Waals surface area contributed by atoms with Crippen molar-refractivity contribution in [3.63, 3.8) is 0 Å². The predicted molar refractivity (Wildman–Crippen MR) is 103 cm³/mol. The third kappa shape index (κ3) is 2.80. The van der Waals surface area contributed by atoms with Gasteiger partial charge in [0.1, 0.15) is 28.6 Å². The molecule has 0 saturated carbocycles. The summed E-state index contributed by atoms with van der Waals surface area (Å²) in [6.07, 6.45) is 5.26. The standard InChI is InChI=1S/C19H15N5O2S/c1-25-15-7-3-2-6-13(15)19-20-10-16(27-19)17-22-14-9-21-24(18(14)23-17)11-12-5-4-8-26-12/h2-10H,11H2,1H3,(H,22,23). The third-order valence-electron chi connectivity index (χ3n) is 4.24. The van der Waals surface area contributed by atoms with Crippen LogP contribution in [0.1, 0.15) is 5.76 Å². The van der Waals surface area contributed by atoms with Crippen LogP contribution in [0, 0.1) is 0 Å². The molecule has 5 aromatic rings. The van der Waals surface area contributed by atoms with E-state index in [2.05, 4.69) is 15.1 Å². The summed E-state index contributed by atoms with van der Waals surface area (Å²) in [6, 6.07) is 11.6. The van der Waals surface area contributed by atoms with Crippen LogP contribution in [0.4, 0.5) is 0 Å². The highest BCUT2D eigenvalue weighted by atomic mass is 32.1. The number of benzene rings is 1. The Morgan fingerprint density at radius 3 is 2.96 bits per heavy atom. The van der Waals surface area contributed by atoms with Crippen LogP contribution in [-0.4, -0.2) is 31.8 Å². The van der Waals surface area contributed by atoms with Gasteiger partial charge < -0.3 is 14.1 Å². The van der Waals surface area contributed by atoms with Gasteiger partial charge in [-0.05, 0) is 24.3 Å². The monoisotopic (exact) mass is 377 g/mol. The molecule has 0 radical (unpaired) electrons. The van der Waals surface area contributed by atoms with E-state index in [1.807, 2.05) is 47.3 Å². The van der Waals surface area contributed by atoms with Gasteiger partial charge in [-0.15, -0.1) is 11.3 Å². The van der Waals surface area contributed by atoms with Crippen molar-refractivity contribution in [3.05, 3.63) is 60.8 Å². The molecule has 5 rings (SSSR count). The van der Waals surface area contributed by atoms with E-state index < -0.39 is 0 Å². The van der Waals surface area contributed by atoms with Gasteiger partial charge in [-0.3, -0.25) is 0 Å². The molecule has 4 heterocycles. The first-order valence-electron chi connectivity index (χ1n) is 8.35. The largest absolute Gasteiger partial charge is 0.496 e. The van der Waals surface area contributed by atoms with Gasteiger partial charge in [0.2, 0.25) is 0 Å². The SMILES string of the molecule is COc1ccccc1-c1ncc(-c2nc3c(cnn3Cc3ccco3)[nH]2)s1. The molecule has 0 unspecified atom stereocenters. The Kier molecular flexibility index (Phi) is 3.75. The first-order chi connectivity index (χ1) is 13.3. The Hall–Kier alpha value is -3.39. The van der Waals surface area contributed by atoms with Crippen LogP contribution in [-0.2, 0) is 6.54 Å². The number of nitrogens with zero attached hydrogens (tertiary/aromatic N) is 4. The van der Waals surface area contributed by atoms with Crippen molar-refractivity contribution in [2.75, 3.05) is 7.11 Å². The second-order valence-electron chi connectivity index (χ2n) is 5.93. The van der Waals surface area contributed by atoms with Crippen molar-refractivity contribution in [3.8, 4) is 27.0 Å². The average Bonchev–Trinajstić information content (AvgIpc) is 3.47. The molecule has 134 valence electrons. The lowest BCUT2D eigenvalue weighted by Crippen LogP contribution is -2.00. The zero-order valence-corrected chi connectivity index (χ0v) is 15.2. The molecule has 0 bridgehead atoms. The van der Waals surface area contributed by atoms with E-state index in [4.69, 9.17) is 14.1 Å². The number of furan rings is 1. The number of imidazole rings is 1. The molecule has 1 N–H and O–H groups in total. The Bertz CT molecular complexity index is 1200. The number of ether oxygens (including phenoxy) is 1. The number of aromatic amines is 1. The maximum atomic E-state index is 5.44. The van der Waals surface area contributed by atoms with Crippen molar-refractivity contribution in [1.29, 1.82) is 0 Å². The zero-order chi connectivity index (χ0) is 18.2. The molecule has 0 saturated heterocycles. The maximum Gasteiger partial charge on any atom is 0.177 e. The van der Waals surface area contributed by atoms with Crippen LogP contribution in [0.3, 0.4) is 0 Å². The maximum absolute atomic E-state index is 5.44. The summed E-state index contributed by atoms with van der Waals surface area (Å²) in [5.41, 5.74) is 2.63. The molecule has 8 heteroatoms. The Morgan fingerprint density at radius 1 is 1.19 bits per heavy atom. The minimum absolute atomic E-state index is 0.538. The highest BCUT2D eigenvalue weighted by Gasteiger charge is 2.15. The molecular formula is C19H15N5O2S. The molecule has 0 aliphatic carbocycles. The molecule has 0 spiro atoms. The lowest BCUT2D eigenvalue weighted by Gasteiger charge is -2.04. The Morgan fingerprint density at radius 2 is 2.11 bits per heavy atom. The van der Waals surface area contributed by atoms with Gasteiger partial charge in [-0.1, -0.05) is 12.1 Å². The number of hydrogen-bond donors (Lipinski definition) is 1. The smallest absolute Gasteiger partial charge is 0.177 e. The van der Waals surface area contributed by atoms with Gasteiger partial charge in [0.25, 0.3) is 0 Å². The van der Waals surface area contributed by atoms with Crippen LogP contribution < -0.4 is 4.74 Å². The van der Waals surface area contributed by atoms with Crippen molar-refractivity contribution < 1.29 is 9.15 Å². The molecule has 0 aliphatic heterocycles. The Labute approximate surface area is 158 Å². The number of fused-ring (bicyclic) bond motifs is 1. The highest BCUT2D eigenvalue weighted by Crippen LogP contribution is 2.36. The van der Waals surface area contributed by atoms with Crippen molar-refractivity contribution in [2.45, 2.75) is 6.54 Å². The average molecular weight is 377 g/mol. The van der Waals surface area contributed by atoms with E-state index in [1.165, 1.54) is 0 Å². The molecule has 7 nitrogen and oxygen atoms in total. The number of para-hydroxylation sites is 1. The minimum atomic E-state index is 0.538. The van der Waals surface area contributed by atoms with Gasteiger partial charge in [-0.2, -0.15) is 5.10 Å². The summed E-state index contributed by atoms with van der Waals surface area (Å²) in [4.78, 5) is 13.5. The van der Waals surface area contributed by atoms with E-state index in [1.54, 1.807) is 30.9 Å². The first kappa shape index (κ1) is 15.8. The molecule has 0 amide bonds. The van der Waals surface area contributed by atoms with Crippen molar-refractivity contribution in [2.24, 2.45) is 0 Å². The highest BCUT2D eigenvalue weighted by molar-refractivity contribution is 7.18. The molecule has 4 aromatic heterocycles. The van der Waals surface area contributed by atoms with Crippen LogP contribution in [0.2, 0.25) is 0 Å². The normalized spacial score (nSPS) is 11.3. The molecular weight excluding hydrogens is 362 g/mol. The summed E-state index contributed by atoms with van der Waals surface area (Å²) >= 11 is 1.57. The van der Waals surface area contributed by atoms with Gasteiger partial charge in [-0.25, -0.2) is 14.6 Å². The second kappa shape index (κ2) is 6.40. The summed E-state index contributed by atoms with van der Waals surface area (Å²) in [7, 11) is 1.66. The van der Waals surface area contributed by atoms with Gasteiger partial charge in [0.05, 0.1) is 30.0 Å². The van der Waals surface area contributed by atoms with Gasteiger partial charge in [0, 0.05) is 6.20 Å². The van der Waals surface area contributed by atoms with Crippen LogP contribution in [0.25, 0.3) is 32.4 Å². The van der Waals surface area contributed by atoms with Crippen LogP contribution in [0.5, 0.6) is 5.75 Å². The van der Waals surface area contributed by atoms with Crippen molar-refractivity contribution >= 4 is 22.5 Å². The predicted octanol–water partition coefficient (Wildman–Crippen LogP) is 4.20. The van der Waals surface area contributed by atoms with E-state index in [0.29, 0.717) is 6.54 Å². The van der Waals surface area contributed by atoms with E-state index >= 15 is 0 Å². The number of hydrogen-bond acceptors (Lipinski definition) is 6. The number of rotatable bonds is 5. The lowest BCUT2D eigenvalue weighted by atomic mass is 10.2. The zero-order valence-electron chi connectivity index (χ0n) is 14.4. The fourth-order valence-electron chi connectivity index (χ4n) is 2.96. The summed E-state index contributed by atoms with van der Waals surface area (Å²) in [5, 5.41) is 5.26. The topological polar surface area (TPSA) is 81.8 Å². The molecule has 0 fully saturated rings. The quantitative estimate of drug-likeness (QED) is 0.496.